The Hall–Kier alpha value is -3.60. The van der Waals surface area contributed by atoms with Gasteiger partial charge >= 0.3 is 0 Å². The third kappa shape index (κ3) is 5.62. The molecule has 1 aliphatic carbocycles. The molecular weight excluding hydrogens is 446 g/mol. The molecule has 2 N–H and O–H groups in total. The summed E-state index contributed by atoms with van der Waals surface area (Å²) in [7, 11) is 0. The Balaban J connectivity index is 1.42. The molecule has 2 amide bonds. The minimum atomic E-state index is -0.440. The van der Waals surface area contributed by atoms with Gasteiger partial charge in [-0.2, -0.15) is 0 Å². The summed E-state index contributed by atoms with van der Waals surface area (Å²) in [6.07, 6.45) is 7.93. The van der Waals surface area contributed by atoms with Crippen LogP contribution in [0, 0.1) is 0 Å². The van der Waals surface area contributed by atoms with Gasteiger partial charge in [-0.25, -0.2) is 0 Å². The Morgan fingerprint density at radius 2 is 1.36 bits per heavy atom. The maximum absolute atomic E-state index is 13.6. The summed E-state index contributed by atoms with van der Waals surface area (Å²) in [5.41, 5.74) is 4.13. The first-order valence-electron chi connectivity index (χ1n) is 13.3. The van der Waals surface area contributed by atoms with Crippen LogP contribution in [-0.2, 0) is 4.79 Å². The van der Waals surface area contributed by atoms with Gasteiger partial charge in [-0.3, -0.25) is 9.59 Å². The highest BCUT2D eigenvalue weighted by atomic mass is 16.2. The van der Waals surface area contributed by atoms with Crippen LogP contribution in [0.5, 0.6) is 0 Å². The molecule has 2 fully saturated rings. The zero-order valence-corrected chi connectivity index (χ0v) is 20.8. The van der Waals surface area contributed by atoms with Gasteiger partial charge in [0.15, 0.2) is 0 Å². The summed E-state index contributed by atoms with van der Waals surface area (Å²) in [5.74, 6) is -0.590. The molecule has 0 aromatic heterocycles. The third-order valence-corrected chi connectivity index (χ3v) is 7.42. The highest BCUT2D eigenvalue weighted by Crippen LogP contribution is 2.30. The molecule has 0 atom stereocenters. The lowest BCUT2D eigenvalue weighted by Crippen LogP contribution is -2.37. The fraction of sp³-hybridized carbons (Fsp3) is 0.355. The van der Waals surface area contributed by atoms with Crippen LogP contribution in [0.1, 0.15) is 72.3 Å². The van der Waals surface area contributed by atoms with E-state index in [1.165, 1.54) is 19.3 Å². The lowest BCUT2D eigenvalue weighted by molar-refractivity contribution is -0.116. The number of amides is 2. The molecule has 0 radical (unpaired) electrons. The molecule has 5 heteroatoms. The first-order chi connectivity index (χ1) is 17.7. The first kappa shape index (κ1) is 24.1. The first-order valence-corrected chi connectivity index (χ1v) is 13.3. The lowest BCUT2D eigenvalue weighted by Gasteiger charge is -2.26. The van der Waals surface area contributed by atoms with E-state index in [1.807, 2.05) is 78.9 Å². The second kappa shape index (κ2) is 11.4. The number of carbonyl (C=O) groups excluding carboxylic acids is 2. The number of nitrogens with one attached hydrogen (secondary N) is 2. The minimum Gasteiger partial charge on any atom is -0.371 e. The largest absolute Gasteiger partial charge is 0.371 e. The van der Waals surface area contributed by atoms with Gasteiger partial charge in [-0.15, -0.1) is 0 Å². The molecule has 0 spiro atoms. The lowest BCUT2D eigenvalue weighted by atomic mass is 9.90. The van der Waals surface area contributed by atoms with E-state index in [-0.39, 0.29) is 17.9 Å². The number of benzene rings is 3. The van der Waals surface area contributed by atoms with Crippen LogP contribution < -0.4 is 15.5 Å². The smallest absolute Gasteiger partial charge is 0.253 e. The molecule has 3 aromatic rings. The van der Waals surface area contributed by atoms with E-state index in [0.717, 1.165) is 55.6 Å². The van der Waals surface area contributed by atoms with Gasteiger partial charge in [-0.05, 0) is 55.0 Å². The summed E-state index contributed by atoms with van der Waals surface area (Å²) in [5, 5.41) is 6.39. The van der Waals surface area contributed by atoms with E-state index in [1.54, 1.807) is 0 Å². The molecule has 1 heterocycles. The second-order valence-corrected chi connectivity index (χ2v) is 9.98. The van der Waals surface area contributed by atoms with Crippen molar-refractivity contribution in [1.29, 1.82) is 0 Å². The number of hydrogen-bond donors (Lipinski definition) is 2. The van der Waals surface area contributed by atoms with E-state index < -0.39 is 5.92 Å². The van der Waals surface area contributed by atoms with Gasteiger partial charge in [0.1, 0.15) is 0 Å². The van der Waals surface area contributed by atoms with E-state index in [0.29, 0.717) is 11.3 Å². The minimum absolute atomic E-state index is 0.0393. The summed E-state index contributed by atoms with van der Waals surface area (Å²) < 4.78 is 0. The standard InChI is InChI=1S/C31H35N3O2/c35-30(32-25-16-8-3-9-17-25)27-22-26(18-19-28(27)34-20-10-11-21-34)33-31(36)29(23-12-4-1-5-13-23)24-14-6-2-7-15-24/h1-2,4-7,12-15,18-19,22,25,29H,3,8-11,16-17,20-21H2,(H,32,35)(H,33,36). The maximum atomic E-state index is 13.6. The van der Waals surface area contributed by atoms with Gasteiger partial charge in [0.25, 0.3) is 5.91 Å². The molecule has 5 nitrogen and oxygen atoms in total. The number of anilines is 2. The Labute approximate surface area is 213 Å². The van der Waals surface area contributed by atoms with E-state index in [9.17, 15) is 9.59 Å². The van der Waals surface area contributed by atoms with E-state index in [4.69, 9.17) is 0 Å². The third-order valence-electron chi connectivity index (χ3n) is 7.42. The quantitative estimate of drug-likeness (QED) is 0.427. The van der Waals surface area contributed by atoms with Crippen molar-refractivity contribution < 1.29 is 9.59 Å². The molecule has 5 rings (SSSR count). The van der Waals surface area contributed by atoms with Gasteiger partial charge < -0.3 is 15.5 Å². The highest BCUT2D eigenvalue weighted by Gasteiger charge is 2.25. The van der Waals surface area contributed by atoms with Crippen molar-refractivity contribution >= 4 is 23.2 Å². The fourth-order valence-electron chi connectivity index (χ4n) is 5.54. The molecular formula is C31H35N3O2. The average Bonchev–Trinajstić information content (AvgIpc) is 3.46. The normalized spacial score (nSPS) is 16.2. The van der Waals surface area contributed by atoms with Crippen LogP contribution >= 0.6 is 0 Å². The zero-order chi connectivity index (χ0) is 24.7. The predicted molar refractivity (Wildman–Crippen MR) is 146 cm³/mol. The number of rotatable bonds is 7. The molecule has 36 heavy (non-hydrogen) atoms. The molecule has 2 aliphatic rings. The average molecular weight is 482 g/mol. The SMILES string of the molecule is O=C(NC1CCCCC1)c1cc(NC(=O)C(c2ccccc2)c2ccccc2)ccc1N1CCCC1. The monoisotopic (exact) mass is 481 g/mol. The van der Waals surface area contributed by atoms with Gasteiger partial charge in [-0.1, -0.05) is 79.9 Å². The van der Waals surface area contributed by atoms with Crippen molar-refractivity contribution in [2.24, 2.45) is 0 Å². The summed E-state index contributed by atoms with van der Waals surface area (Å²) in [6, 6.07) is 25.7. The van der Waals surface area contributed by atoms with Crippen molar-refractivity contribution in [2.45, 2.75) is 56.9 Å². The van der Waals surface area contributed by atoms with Gasteiger partial charge in [0, 0.05) is 30.5 Å². The highest BCUT2D eigenvalue weighted by molar-refractivity contribution is 6.03. The van der Waals surface area contributed by atoms with Crippen LogP contribution in [0.15, 0.2) is 78.9 Å². The van der Waals surface area contributed by atoms with E-state index in [2.05, 4.69) is 15.5 Å². The fourth-order valence-corrected chi connectivity index (χ4v) is 5.54. The summed E-state index contributed by atoms with van der Waals surface area (Å²) in [4.78, 5) is 29.4. The van der Waals surface area contributed by atoms with Gasteiger partial charge in [0.05, 0.1) is 11.5 Å². The topological polar surface area (TPSA) is 61.4 Å². The second-order valence-electron chi connectivity index (χ2n) is 9.98. The van der Waals surface area contributed by atoms with Crippen LogP contribution in [-0.4, -0.2) is 30.9 Å². The molecule has 3 aromatic carbocycles. The van der Waals surface area contributed by atoms with E-state index >= 15 is 0 Å². The number of carbonyl (C=O) groups is 2. The van der Waals surface area contributed by atoms with Crippen molar-refractivity contribution in [3.63, 3.8) is 0 Å². The van der Waals surface area contributed by atoms with Crippen molar-refractivity contribution in [1.82, 2.24) is 5.32 Å². The molecule has 186 valence electrons. The number of nitrogens with zero attached hydrogens (tertiary/aromatic N) is 1. The van der Waals surface area contributed by atoms with Crippen LogP contribution in [0.2, 0.25) is 0 Å². The molecule has 0 bridgehead atoms. The Morgan fingerprint density at radius 3 is 1.97 bits per heavy atom. The van der Waals surface area contributed by atoms with Crippen molar-refractivity contribution in [3.05, 3.63) is 95.6 Å². The Kier molecular flexibility index (Phi) is 7.65. The summed E-state index contributed by atoms with van der Waals surface area (Å²) >= 11 is 0. The zero-order valence-electron chi connectivity index (χ0n) is 20.8. The van der Waals surface area contributed by atoms with Crippen LogP contribution in [0.3, 0.4) is 0 Å². The molecule has 1 saturated heterocycles. The Bertz CT molecular complexity index is 1130. The summed E-state index contributed by atoms with van der Waals surface area (Å²) in [6.45, 7) is 1.92. The predicted octanol–water partition coefficient (Wildman–Crippen LogP) is 6.12. The van der Waals surface area contributed by atoms with Gasteiger partial charge in [0.2, 0.25) is 5.91 Å². The van der Waals surface area contributed by atoms with Crippen LogP contribution in [0.25, 0.3) is 0 Å². The molecule has 0 unspecified atom stereocenters. The van der Waals surface area contributed by atoms with Crippen molar-refractivity contribution in [3.8, 4) is 0 Å². The van der Waals surface area contributed by atoms with Crippen LogP contribution in [0.4, 0.5) is 11.4 Å². The molecule has 1 saturated carbocycles. The van der Waals surface area contributed by atoms with Crippen molar-refractivity contribution in [2.75, 3.05) is 23.3 Å². The molecule has 1 aliphatic heterocycles. The maximum Gasteiger partial charge on any atom is 0.253 e. The number of hydrogen-bond acceptors (Lipinski definition) is 3. The Morgan fingerprint density at radius 1 is 0.750 bits per heavy atom.